The lowest BCUT2D eigenvalue weighted by Crippen LogP contribution is -2.29. The molecule has 3 aliphatic rings. The third-order valence-electron chi connectivity index (χ3n) is 3.73. The molecule has 0 aromatic heterocycles. The van der Waals surface area contributed by atoms with Crippen LogP contribution >= 0.6 is 0 Å². The molecule has 2 N–H and O–H groups in total. The van der Waals surface area contributed by atoms with Crippen LogP contribution in [-0.2, 0) is 0 Å². The highest BCUT2D eigenvalue weighted by Crippen LogP contribution is 2.38. The van der Waals surface area contributed by atoms with Crippen molar-refractivity contribution < 1.29 is 5.11 Å². The van der Waals surface area contributed by atoms with Crippen LogP contribution in [0, 0.1) is 0 Å². The van der Waals surface area contributed by atoms with Crippen LogP contribution in [0.4, 0.5) is 0 Å². The Bertz CT molecular complexity index is 265. The Morgan fingerprint density at radius 3 is 2.43 bits per heavy atom. The lowest BCUT2D eigenvalue weighted by Gasteiger charge is -2.19. The molecule has 0 unspecified atom stereocenters. The van der Waals surface area contributed by atoms with E-state index in [4.69, 9.17) is 0 Å². The number of hydrogen-bond donors (Lipinski definition) is 2. The topological polar surface area (TPSA) is 35.5 Å². The van der Waals surface area contributed by atoms with Gasteiger partial charge < -0.3 is 10.4 Å². The number of hydrogen-bond acceptors (Lipinski definition) is 3. The van der Waals surface area contributed by atoms with Crippen molar-refractivity contribution in [1.29, 1.82) is 0 Å². The molecule has 0 aromatic rings. The van der Waals surface area contributed by atoms with Gasteiger partial charge in [-0.2, -0.15) is 0 Å². The Morgan fingerprint density at radius 1 is 1.21 bits per heavy atom. The predicted octanol–water partition coefficient (Wildman–Crippen LogP) is 0.117. The average molecular weight is 194 g/mol. The van der Waals surface area contributed by atoms with E-state index in [9.17, 15) is 5.11 Å². The summed E-state index contributed by atoms with van der Waals surface area (Å²) in [5, 5.41) is 13.1. The van der Waals surface area contributed by atoms with E-state index >= 15 is 0 Å². The molecule has 0 amide bonds. The maximum Gasteiger partial charge on any atom is 0.0662 e. The van der Waals surface area contributed by atoms with Crippen molar-refractivity contribution in [3.05, 3.63) is 11.1 Å². The van der Waals surface area contributed by atoms with Crippen LogP contribution in [0.2, 0.25) is 0 Å². The van der Waals surface area contributed by atoms with Crippen molar-refractivity contribution in [1.82, 2.24) is 10.2 Å². The van der Waals surface area contributed by atoms with Gasteiger partial charge in [-0.15, -0.1) is 0 Å². The molecule has 1 saturated carbocycles. The Morgan fingerprint density at radius 2 is 1.86 bits per heavy atom. The normalized spacial score (nSPS) is 29.8. The van der Waals surface area contributed by atoms with E-state index in [-0.39, 0.29) is 5.60 Å². The molecule has 0 saturated heterocycles. The molecule has 1 aliphatic carbocycles. The van der Waals surface area contributed by atoms with Crippen LogP contribution in [0.15, 0.2) is 11.1 Å². The Balaban J connectivity index is 1.48. The third kappa shape index (κ3) is 1.60. The van der Waals surface area contributed by atoms with Gasteiger partial charge in [0.15, 0.2) is 0 Å². The van der Waals surface area contributed by atoms with Gasteiger partial charge in [0.2, 0.25) is 0 Å². The summed E-state index contributed by atoms with van der Waals surface area (Å²) < 4.78 is 0. The number of rotatable bonds is 3. The van der Waals surface area contributed by atoms with Crippen molar-refractivity contribution in [3.63, 3.8) is 0 Å². The average Bonchev–Trinajstić information content (AvgIpc) is 2.61. The molecule has 3 rings (SSSR count). The largest absolute Gasteiger partial charge is 0.390 e. The molecule has 3 heteroatoms. The minimum atomic E-state index is -0.273. The predicted molar refractivity (Wildman–Crippen MR) is 55.1 cm³/mol. The lowest BCUT2D eigenvalue weighted by atomic mass is 10.2. The fraction of sp³-hybridized carbons (Fsp3) is 0.818. The molecule has 0 atom stereocenters. The second-order valence-electron chi connectivity index (χ2n) is 5.00. The van der Waals surface area contributed by atoms with Crippen molar-refractivity contribution >= 4 is 0 Å². The molecule has 0 radical (unpaired) electrons. The van der Waals surface area contributed by atoms with Crippen molar-refractivity contribution in [2.75, 3.05) is 32.7 Å². The van der Waals surface area contributed by atoms with Gasteiger partial charge in [-0.25, -0.2) is 0 Å². The van der Waals surface area contributed by atoms with Crippen LogP contribution < -0.4 is 5.32 Å². The van der Waals surface area contributed by atoms with Gasteiger partial charge in [-0.1, -0.05) is 0 Å². The summed E-state index contributed by atoms with van der Waals surface area (Å²) in [5.41, 5.74) is 2.94. The Kier molecular flexibility index (Phi) is 1.94. The summed E-state index contributed by atoms with van der Waals surface area (Å²) in [6, 6.07) is 0. The zero-order chi connectivity index (χ0) is 9.60. The van der Waals surface area contributed by atoms with Crippen LogP contribution in [0.25, 0.3) is 0 Å². The van der Waals surface area contributed by atoms with Gasteiger partial charge in [0.25, 0.3) is 0 Å². The zero-order valence-corrected chi connectivity index (χ0v) is 8.55. The van der Waals surface area contributed by atoms with Crippen molar-refractivity contribution in [2.45, 2.75) is 24.9 Å². The van der Waals surface area contributed by atoms with Gasteiger partial charge in [-0.3, -0.25) is 4.90 Å². The SMILES string of the molecule is OC1(CCN2CC3=C(CNC3)C2)CC1. The summed E-state index contributed by atoms with van der Waals surface area (Å²) in [6.07, 6.45) is 3.02. The highest BCUT2D eigenvalue weighted by atomic mass is 16.3. The summed E-state index contributed by atoms with van der Waals surface area (Å²) in [6.45, 7) is 5.53. The zero-order valence-electron chi connectivity index (χ0n) is 8.55. The van der Waals surface area contributed by atoms with Gasteiger partial charge in [0.1, 0.15) is 0 Å². The van der Waals surface area contributed by atoms with E-state index in [0.717, 1.165) is 52.0 Å². The maximum absolute atomic E-state index is 9.74. The molecule has 14 heavy (non-hydrogen) atoms. The monoisotopic (exact) mass is 194 g/mol. The first-order chi connectivity index (χ1) is 6.75. The fourth-order valence-corrected chi connectivity index (χ4v) is 2.46. The smallest absolute Gasteiger partial charge is 0.0662 e. The minimum Gasteiger partial charge on any atom is -0.390 e. The van der Waals surface area contributed by atoms with Crippen LogP contribution in [-0.4, -0.2) is 48.3 Å². The van der Waals surface area contributed by atoms with E-state index in [0.29, 0.717) is 0 Å². The van der Waals surface area contributed by atoms with Crippen LogP contribution in [0.5, 0.6) is 0 Å². The van der Waals surface area contributed by atoms with Crippen LogP contribution in [0.1, 0.15) is 19.3 Å². The molecule has 2 heterocycles. The maximum atomic E-state index is 9.74. The van der Waals surface area contributed by atoms with E-state index in [1.165, 1.54) is 0 Å². The highest BCUT2D eigenvalue weighted by molar-refractivity contribution is 5.29. The Hall–Kier alpha value is -0.380. The van der Waals surface area contributed by atoms with Gasteiger partial charge in [-0.05, 0) is 30.4 Å². The number of nitrogens with zero attached hydrogens (tertiary/aromatic N) is 1. The standard InChI is InChI=1S/C11H18N2O/c14-11(1-2-11)3-4-13-7-9-5-12-6-10(9)8-13/h12,14H,1-8H2. The molecular formula is C11H18N2O. The van der Waals surface area contributed by atoms with E-state index in [1.807, 2.05) is 0 Å². The molecule has 0 bridgehead atoms. The fourth-order valence-electron chi connectivity index (χ4n) is 2.46. The molecule has 2 aliphatic heterocycles. The van der Waals surface area contributed by atoms with Crippen molar-refractivity contribution in [2.24, 2.45) is 0 Å². The number of aliphatic hydroxyl groups is 1. The summed E-state index contributed by atoms with van der Waals surface area (Å²) in [4.78, 5) is 2.47. The second kappa shape index (κ2) is 3.05. The van der Waals surface area contributed by atoms with Crippen molar-refractivity contribution in [3.8, 4) is 0 Å². The first-order valence-corrected chi connectivity index (χ1v) is 5.60. The lowest BCUT2D eigenvalue weighted by molar-refractivity contribution is 0.124. The van der Waals surface area contributed by atoms with Gasteiger partial charge in [0, 0.05) is 32.7 Å². The first-order valence-electron chi connectivity index (χ1n) is 5.60. The van der Waals surface area contributed by atoms with E-state index < -0.39 is 0 Å². The minimum absolute atomic E-state index is 0.273. The third-order valence-corrected chi connectivity index (χ3v) is 3.73. The van der Waals surface area contributed by atoms with Gasteiger partial charge in [0.05, 0.1) is 5.60 Å². The molecule has 1 fully saturated rings. The second-order valence-corrected chi connectivity index (χ2v) is 5.00. The molecular weight excluding hydrogens is 176 g/mol. The first kappa shape index (κ1) is 8.89. The van der Waals surface area contributed by atoms with Gasteiger partial charge >= 0.3 is 0 Å². The quantitative estimate of drug-likeness (QED) is 0.626. The van der Waals surface area contributed by atoms with Crippen LogP contribution in [0.3, 0.4) is 0 Å². The summed E-state index contributed by atoms with van der Waals surface area (Å²) in [5.74, 6) is 0. The molecule has 78 valence electrons. The molecule has 0 spiro atoms. The summed E-state index contributed by atoms with van der Waals surface area (Å²) >= 11 is 0. The Labute approximate surface area is 84.8 Å². The van der Waals surface area contributed by atoms with E-state index in [2.05, 4.69) is 10.2 Å². The summed E-state index contributed by atoms with van der Waals surface area (Å²) in [7, 11) is 0. The van der Waals surface area contributed by atoms with E-state index in [1.54, 1.807) is 11.1 Å². The molecule has 3 nitrogen and oxygen atoms in total. The number of nitrogens with one attached hydrogen (secondary N) is 1. The molecule has 0 aromatic carbocycles. The highest BCUT2D eigenvalue weighted by Gasteiger charge is 2.40.